The van der Waals surface area contributed by atoms with Crippen LogP contribution >= 0.6 is 0 Å². The normalized spacial score (nSPS) is 10.8. The minimum Gasteiger partial charge on any atom is -0.508 e. The molecule has 0 heterocycles. The molecule has 0 bridgehead atoms. The van der Waals surface area contributed by atoms with Crippen LogP contribution in [0.15, 0.2) is 182 Å². The zero-order valence-corrected chi connectivity index (χ0v) is 30.7. The first-order valence-corrected chi connectivity index (χ1v) is 18.5. The third-order valence-electron chi connectivity index (χ3n) is 10.7. The summed E-state index contributed by atoms with van der Waals surface area (Å²) >= 11 is 0. The quantitative estimate of drug-likeness (QED) is 0.182. The Morgan fingerprint density at radius 3 is 1.20 bits per heavy atom. The zero-order chi connectivity index (χ0) is 37.9. The number of phenols is 2. The molecule has 0 aliphatic carbocycles. The predicted molar refractivity (Wildman–Crippen MR) is 236 cm³/mol. The number of rotatable bonds is 8. The molecule has 0 fully saturated rings. The summed E-state index contributed by atoms with van der Waals surface area (Å²) in [5.41, 5.74) is 17.8. The van der Waals surface area contributed by atoms with Crippen molar-refractivity contribution in [2.45, 2.75) is 0 Å². The van der Waals surface area contributed by atoms with E-state index in [9.17, 15) is 15.5 Å². The van der Waals surface area contributed by atoms with Crippen LogP contribution in [0.1, 0.15) is 5.56 Å². The van der Waals surface area contributed by atoms with E-state index in [1.807, 2.05) is 48.5 Å². The van der Waals surface area contributed by atoms with Crippen LogP contribution in [0.3, 0.4) is 0 Å². The molecule has 0 saturated carbocycles. The smallest absolute Gasteiger partial charge is 0.239 e. The van der Waals surface area contributed by atoms with Crippen molar-refractivity contribution in [1.82, 2.24) is 0 Å². The van der Waals surface area contributed by atoms with Crippen LogP contribution in [-0.4, -0.2) is 32.6 Å². The Bertz CT molecular complexity index is 2550. The first-order valence-electron chi connectivity index (χ1n) is 18.5. The van der Waals surface area contributed by atoms with Crippen LogP contribution in [0.25, 0.3) is 55.6 Å². The maximum Gasteiger partial charge on any atom is 0.239 e. The Kier molecular flexibility index (Phi) is 9.69. The lowest BCUT2D eigenvalue weighted by Crippen LogP contribution is -2.61. The molecule has 258 valence electrons. The van der Waals surface area contributed by atoms with Crippen molar-refractivity contribution < 1.29 is 10.2 Å². The average Bonchev–Trinajstić information content (AvgIpc) is 3.23. The molecule has 8 aromatic carbocycles. The van der Waals surface area contributed by atoms with Crippen molar-refractivity contribution in [3.63, 3.8) is 0 Å². The van der Waals surface area contributed by atoms with E-state index in [0.29, 0.717) is 5.56 Å². The highest BCUT2D eigenvalue weighted by atomic mass is 16.3. The van der Waals surface area contributed by atoms with Crippen molar-refractivity contribution in [2.75, 3.05) is 0 Å². The number of benzene rings is 8. The van der Waals surface area contributed by atoms with Gasteiger partial charge in [0.2, 0.25) is 6.71 Å². The van der Waals surface area contributed by atoms with Gasteiger partial charge < -0.3 is 10.2 Å². The summed E-state index contributed by atoms with van der Waals surface area (Å²) in [6.07, 6.45) is 0. The lowest BCUT2D eigenvalue weighted by molar-refractivity contribution is 0.475. The maximum atomic E-state index is 9.89. The number of aromatic hydroxyl groups is 2. The SMILES string of the molecule is Bc1c(B(c2ccc(-c3ccc(C#N)cc3)cc2)c2cccc(-c3cccc(-c4ccc(O)cc4)c3)c2B)cccc1-c1cccc(-c2ccc(O)cc2)c1. The summed E-state index contributed by atoms with van der Waals surface area (Å²) in [7, 11) is 4.46. The molecule has 0 aliphatic rings. The van der Waals surface area contributed by atoms with Crippen LogP contribution in [0, 0.1) is 11.3 Å². The van der Waals surface area contributed by atoms with Crippen LogP contribution in [0.5, 0.6) is 11.5 Å². The Labute approximate surface area is 324 Å². The highest BCUT2D eigenvalue weighted by Gasteiger charge is 2.27. The molecule has 55 heavy (non-hydrogen) atoms. The lowest BCUT2D eigenvalue weighted by atomic mass is 9.33. The van der Waals surface area contributed by atoms with Gasteiger partial charge in [0.1, 0.15) is 27.2 Å². The lowest BCUT2D eigenvalue weighted by Gasteiger charge is -2.24. The Hall–Kier alpha value is -6.96. The van der Waals surface area contributed by atoms with Gasteiger partial charge in [-0.25, -0.2) is 0 Å². The van der Waals surface area contributed by atoms with Crippen LogP contribution in [-0.2, 0) is 0 Å². The fourth-order valence-electron chi connectivity index (χ4n) is 7.73. The van der Waals surface area contributed by atoms with E-state index in [2.05, 4.69) is 131 Å². The fraction of sp³-hybridized carbons (Fsp3) is 0. The summed E-state index contributed by atoms with van der Waals surface area (Å²) < 4.78 is 0. The molecular formula is C49H36B3NO2. The molecular weight excluding hydrogens is 667 g/mol. The van der Waals surface area contributed by atoms with Crippen LogP contribution < -0.4 is 27.3 Å². The van der Waals surface area contributed by atoms with Gasteiger partial charge in [-0.2, -0.15) is 5.26 Å². The molecule has 0 spiro atoms. The molecule has 0 radical (unpaired) electrons. The number of hydrogen-bond donors (Lipinski definition) is 2. The number of hydrogen-bond acceptors (Lipinski definition) is 3. The number of nitriles is 1. The second-order valence-electron chi connectivity index (χ2n) is 14.0. The van der Waals surface area contributed by atoms with Crippen LogP contribution in [0.4, 0.5) is 0 Å². The van der Waals surface area contributed by atoms with Gasteiger partial charge in [0, 0.05) is 0 Å². The highest BCUT2D eigenvalue weighted by molar-refractivity contribution is 6.99. The Balaban J connectivity index is 1.25. The van der Waals surface area contributed by atoms with E-state index in [-0.39, 0.29) is 18.2 Å². The van der Waals surface area contributed by atoms with E-state index in [4.69, 9.17) is 0 Å². The molecule has 6 heteroatoms. The van der Waals surface area contributed by atoms with Gasteiger partial charge in [0.05, 0.1) is 11.6 Å². The fourth-order valence-corrected chi connectivity index (χ4v) is 7.73. The largest absolute Gasteiger partial charge is 0.508 e. The first-order chi connectivity index (χ1) is 26.9. The van der Waals surface area contributed by atoms with Crippen LogP contribution in [0.2, 0.25) is 0 Å². The summed E-state index contributed by atoms with van der Waals surface area (Å²) in [6.45, 7) is -0.0597. The summed E-state index contributed by atoms with van der Waals surface area (Å²) in [5.74, 6) is 0.507. The molecule has 0 unspecified atom stereocenters. The Morgan fingerprint density at radius 1 is 0.400 bits per heavy atom. The standard InChI is InChI=1S/C49H36B3NO2/c50-48-44(39-7-1-5-37(29-39)35-19-25-42(54)26-20-35)9-3-11-46(48)52(41-23-17-34(18-24-41)33-15-13-32(31-53)14-16-33)47-12-4-10-45(49(47)51)40-8-2-6-38(30-40)36-21-27-43(55)28-22-36/h1-30,54-55H,50-51H2. The highest BCUT2D eigenvalue weighted by Crippen LogP contribution is 2.28. The van der Waals surface area contributed by atoms with E-state index < -0.39 is 0 Å². The van der Waals surface area contributed by atoms with Gasteiger partial charge in [0.25, 0.3) is 0 Å². The van der Waals surface area contributed by atoms with E-state index in [0.717, 1.165) is 44.5 Å². The number of nitrogens with zero attached hydrogens (tertiary/aromatic N) is 1. The predicted octanol–water partition coefficient (Wildman–Crippen LogP) is 6.34. The minimum absolute atomic E-state index is 0.0597. The third kappa shape index (κ3) is 7.21. The molecule has 8 rings (SSSR count). The number of phenolic OH excluding ortho intramolecular Hbond substituents is 2. The minimum atomic E-state index is -0.0597. The van der Waals surface area contributed by atoms with Crippen molar-refractivity contribution >= 4 is 49.7 Å². The van der Waals surface area contributed by atoms with Gasteiger partial charge >= 0.3 is 0 Å². The van der Waals surface area contributed by atoms with E-state index in [1.54, 1.807) is 24.3 Å². The van der Waals surface area contributed by atoms with Gasteiger partial charge in [0.15, 0.2) is 0 Å². The maximum absolute atomic E-state index is 9.89. The molecule has 8 aromatic rings. The zero-order valence-electron chi connectivity index (χ0n) is 30.7. The summed E-state index contributed by atoms with van der Waals surface area (Å²) in [5, 5.41) is 29.1. The molecule has 3 nitrogen and oxygen atoms in total. The van der Waals surface area contributed by atoms with Crippen molar-refractivity contribution in [3.8, 4) is 73.2 Å². The third-order valence-corrected chi connectivity index (χ3v) is 10.7. The Morgan fingerprint density at radius 2 is 0.764 bits per heavy atom. The monoisotopic (exact) mass is 703 g/mol. The molecule has 0 aromatic heterocycles. The molecule has 0 aliphatic heterocycles. The molecule has 0 amide bonds. The van der Waals surface area contributed by atoms with Gasteiger partial charge in [-0.05, 0) is 104 Å². The topological polar surface area (TPSA) is 64.2 Å². The second-order valence-corrected chi connectivity index (χ2v) is 14.0. The van der Waals surface area contributed by atoms with Crippen molar-refractivity contribution in [2.24, 2.45) is 0 Å². The molecule has 0 saturated heterocycles. The second kappa shape index (κ2) is 15.2. The van der Waals surface area contributed by atoms with E-state index in [1.165, 1.54) is 38.4 Å². The summed E-state index contributed by atoms with van der Waals surface area (Å²) in [6, 6.07) is 64.0. The van der Waals surface area contributed by atoms with E-state index >= 15 is 0 Å². The summed E-state index contributed by atoms with van der Waals surface area (Å²) in [4.78, 5) is 0. The van der Waals surface area contributed by atoms with Crippen molar-refractivity contribution in [1.29, 1.82) is 5.26 Å². The van der Waals surface area contributed by atoms with Gasteiger partial charge in [-0.1, -0.05) is 161 Å². The molecule has 2 N–H and O–H groups in total. The van der Waals surface area contributed by atoms with Crippen molar-refractivity contribution in [3.05, 3.63) is 188 Å². The van der Waals surface area contributed by atoms with Gasteiger partial charge in [-0.3, -0.25) is 0 Å². The average molecular weight is 703 g/mol. The van der Waals surface area contributed by atoms with Gasteiger partial charge in [-0.15, -0.1) is 0 Å². The first kappa shape index (κ1) is 35.1. The molecule has 0 atom stereocenters.